The first-order chi connectivity index (χ1) is 19.5. The maximum atomic E-state index is 13.0. The van der Waals surface area contributed by atoms with Gasteiger partial charge in [0.15, 0.2) is 17.3 Å². The van der Waals surface area contributed by atoms with Gasteiger partial charge in [0.2, 0.25) is 5.17 Å². The zero-order valence-corrected chi connectivity index (χ0v) is 24.8. The van der Waals surface area contributed by atoms with E-state index in [0.717, 1.165) is 23.6 Å². The minimum Gasteiger partial charge on any atom is -0.497 e. The van der Waals surface area contributed by atoms with E-state index in [1.807, 2.05) is 37.3 Å². The molecule has 0 atom stereocenters. The molecule has 2 aromatic rings. The van der Waals surface area contributed by atoms with Crippen molar-refractivity contribution in [2.24, 2.45) is 16.0 Å². The number of amidine groups is 2. The first-order valence-corrected chi connectivity index (χ1v) is 14.9. The predicted octanol–water partition coefficient (Wildman–Crippen LogP) is 6.51. The number of hydrazone groups is 1. The third-order valence-electron chi connectivity index (χ3n) is 6.71. The number of aliphatic imine (C=N–C) groups is 1. The maximum Gasteiger partial charge on any atom is 0.283 e. The third-order valence-corrected chi connectivity index (χ3v) is 8.37. The van der Waals surface area contributed by atoms with E-state index in [-0.39, 0.29) is 18.0 Å². The Morgan fingerprint density at radius 1 is 1.10 bits per heavy atom. The van der Waals surface area contributed by atoms with Crippen LogP contribution in [0.4, 0.5) is 0 Å². The molecule has 11 heteroatoms. The number of benzene rings is 2. The summed E-state index contributed by atoms with van der Waals surface area (Å²) < 4.78 is 23.5. The van der Waals surface area contributed by atoms with Gasteiger partial charge in [0.1, 0.15) is 29.8 Å². The second-order valence-corrected chi connectivity index (χ2v) is 11.3. The number of rotatable bonds is 10. The summed E-state index contributed by atoms with van der Waals surface area (Å²) in [5.74, 6) is 2.40. The van der Waals surface area contributed by atoms with Gasteiger partial charge in [-0.25, -0.2) is 0 Å². The summed E-state index contributed by atoms with van der Waals surface area (Å²) in [5, 5.41) is 16.3. The highest BCUT2D eigenvalue weighted by molar-refractivity contribution is 9.10. The Kier molecular flexibility index (Phi) is 9.11. The Bertz CT molecular complexity index is 1390. The lowest BCUT2D eigenvalue weighted by atomic mass is 9.90. The lowest BCUT2D eigenvalue weighted by Gasteiger charge is -2.20. The van der Waals surface area contributed by atoms with Gasteiger partial charge in [-0.3, -0.25) is 10.2 Å². The van der Waals surface area contributed by atoms with Crippen LogP contribution in [0.25, 0.3) is 6.08 Å². The van der Waals surface area contributed by atoms with Crippen molar-refractivity contribution in [1.29, 1.82) is 5.41 Å². The van der Waals surface area contributed by atoms with Gasteiger partial charge in [0.25, 0.3) is 5.91 Å². The second kappa shape index (κ2) is 12.9. The fourth-order valence-corrected chi connectivity index (χ4v) is 6.39. The van der Waals surface area contributed by atoms with Gasteiger partial charge in [-0.2, -0.15) is 15.1 Å². The van der Waals surface area contributed by atoms with Crippen LogP contribution in [0, 0.1) is 11.3 Å². The smallest absolute Gasteiger partial charge is 0.283 e. The second-order valence-electron chi connectivity index (χ2n) is 9.43. The van der Waals surface area contributed by atoms with Crippen LogP contribution in [0.15, 0.2) is 56.5 Å². The number of methoxy groups -OCH3 is 1. The van der Waals surface area contributed by atoms with E-state index in [4.69, 9.17) is 24.4 Å². The molecule has 40 heavy (non-hydrogen) atoms. The topological polar surface area (TPSA) is 106 Å². The SMILES string of the molecule is CCOc1cc(/C=C2/C(=N)N3N=C(C4CCCCC4)SC3=NC2=O)cc(Br)c1OCCOc1cccc(OC)c1. The molecule has 2 heterocycles. The number of hydrogen-bond acceptors (Lipinski definition) is 8. The van der Waals surface area contributed by atoms with Crippen LogP contribution in [-0.4, -0.2) is 53.9 Å². The molecule has 3 aliphatic rings. The van der Waals surface area contributed by atoms with Crippen molar-refractivity contribution in [3.63, 3.8) is 0 Å². The van der Waals surface area contributed by atoms with E-state index >= 15 is 0 Å². The van der Waals surface area contributed by atoms with E-state index in [2.05, 4.69) is 26.0 Å². The zero-order chi connectivity index (χ0) is 28.1. The largest absolute Gasteiger partial charge is 0.497 e. The Morgan fingerprint density at radius 3 is 2.65 bits per heavy atom. The number of hydrogen-bond donors (Lipinski definition) is 1. The third kappa shape index (κ3) is 6.36. The molecule has 0 spiro atoms. The number of fused-ring (bicyclic) bond motifs is 1. The molecule has 2 aliphatic heterocycles. The lowest BCUT2D eigenvalue weighted by molar-refractivity contribution is -0.114. The van der Waals surface area contributed by atoms with Gasteiger partial charge < -0.3 is 18.9 Å². The molecule has 9 nitrogen and oxygen atoms in total. The Hall–Kier alpha value is -3.31. The highest BCUT2D eigenvalue weighted by Gasteiger charge is 2.38. The molecule has 5 rings (SSSR count). The standard InChI is InChI=1S/C29H31BrN4O5S/c1-3-37-24-16-18(15-23(30)25(24)39-13-12-38-21-11-7-10-20(17-21)36-2)14-22-26(31)34-29(32-27(22)35)40-28(33-34)19-8-5-4-6-9-19/h7,10-11,14-17,19,31H,3-6,8-9,12-13H2,1-2H3/b22-14-,31-26?. The summed E-state index contributed by atoms with van der Waals surface area (Å²) in [6.45, 7) is 2.92. The highest BCUT2D eigenvalue weighted by Crippen LogP contribution is 2.39. The molecule has 1 amide bonds. The van der Waals surface area contributed by atoms with Gasteiger partial charge in [0.05, 0.1) is 23.8 Å². The van der Waals surface area contributed by atoms with Crippen LogP contribution in [0.5, 0.6) is 23.0 Å². The van der Waals surface area contributed by atoms with Crippen molar-refractivity contribution in [2.45, 2.75) is 39.0 Å². The monoisotopic (exact) mass is 626 g/mol. The van der Waals surface area contributed by atoms with Crippen LogP contribution in [0.2, 0.25) is 0 Å². The van der Waals surface area contributed by atoms with Crippen molar-refractivity contribution in [1.82, 2.24) is 5.01 Å². The van der Waals surface area contributed by atoms with Gasteiger partial charge in [-0.15, -0.1) is 0 Å². The van der Waals surface area contributed by atoms with E-state index in [1.165, 1.54) is 36.0 Å². The van der Waals surface area contributed by atoms with E-state index < -0.39 is 5.91 Å². The number of ether oxygens (including phenoxy) is 4. The fraction of sp³-hybridized carbons (Fsp3) is 0.379. The number of nitrogens with zero attached hydrogens (tertiary/aromatic N) is 3. The number of nitrogens with one attached hydrogen (secondary N) is 1. The Morgan fingerprint density at radius 2 is 1.88 bits per heavy atom. The number of thioether (sulfide) groups is 1. The highest BCUT2D eigenvalue weighted by atomic mass is 79.9. The number of carbonyl (C=O) groups is 1. The van der Waals surface area contributed by atoms with Crippen molar-refractivity contribution in [2.75, 3.05) is 26.9 Å². The quantitative estimate of drug-likeness (QED) is 0.236. The molecule has 1 saturated carbocycles. The average molecular weight is 628 g/mol. The maximum absolute atomic E-state index is 13.0. The van der Waals surface area contributed by atoms with Crippen LogP contribution in [0.3, 0.4) is 0 Å². The fourth-order valence-electron chi connectivity index (χ4n) is 4.76. The van der Waals surface area contributed by atoms with E-state index in [0.29, 0.717) is 51.6 Å². The summed E-state index contributed by atoms with van der Waals surface area (Å²) in [6.07, 6.45) is 7.45. The lowest BCUT2D eigenvalue weighted by Crippen LogP contribution is -2.35. The van der Waals surface area contributed by atoms with Gasteiger partial charge in [-0.1, -0.05) is 25.3 Å². The summed E-state index contributed by atoms with van der Waals surface area (Å²) in [6, 6.07) is 11.0. The molecular formula is C29H31BrN4O5S. The summed E-state index contributed by atoms with van der Waals surface area (Å²) in [5.41, 5.74) is 0.845. The minimum absolute atomic E-state index is 0.0254. The molecule has 0 aromatic heterocycles. The molecule has 0 bridgehead atoms. The van der Waals surface area contributed by atoms with Crippen LogP contribution < -0.4 is 18.9 Å². The van der Waals surface area contributed by atoms with Crippen molar-refractivity contribution < 1.29 is 23.7 Å². The Balaban J connectivity index is 1.30. The molecule has 210 valence electrons. The first kappa shape index (κ1) is 28.2. The van der Waals surface area contributed by atoms with Gasteiger partial charge in [-0.05, 0) is 83.4 Å². The van der Waals surface area contributed by atoms with Crippen LogP contribution in [-0.2, 0) is 4.79 Å². The van der Waals surface area contributed by atoms with Gasteiger partial charge >= 0.3 is 0 Å². The molecule has 2 aromatic carbocycles. The average Bonchev–Trinajstić information content (AvgIpc) is 3.39. The van der Waals surface area contributed by atoms with Crippen molar-refractivity contribution in [3.05, 3.63) is 52.0 Å². The van der Waals surface area contributed by atoms with E-state index in [1.54, 1.807) is 19.3 Å². The molecule has 1 aliphatic carbocycles. The normalized spacial score (nSPS) is 18.4. The molecule has 0 unspecified atom stereocenters. The van der Waals surface area contributed by atoms with Crippen molar-refractivity contribution >= 4 is 55.7 Å². The summed E-state index contributed by atoms with van der Waals surface area (Å²) in [4.78, 5) is 17.2. The molecular weight excluding hydrogens is 596 g/mol. The van der Waals surface area contributed by atoms with Crippen LogP contribution in [0.1, 0.15) is 44.6 Å². The number of carbonyl (C=O) groups excluding carboxylic acids is 1. The molecule has 0 radical (unpaired) electrons. The molecule has 1 N–H and O–H groups in total. The Labute approximate surface area is 246 Å². The molecule has 0 saturated heterocycles. The van der Waals surface area contributed by atoms with Crippen LogP contribution >= 0.6 is 27.7 Å². The number of amides is 1. The van der Waals surface area contributed by atoms with E-state index in [9.17, 15) is 4.79 Å². The number of halogens is 1. The van der Waals surface area contributed by atoms with Gasteiger partial charge in [0, 0.05) is 12.0 Å². The summed E-state index contributed by atoms with van der Waals surface area (Å²) in [7, 11) is 1.61. The van der Waals surface area contributed by atoms with Crippen molar-refractivity contribution in [3.8, 4) is 23.0 Å². The first-order valence-electron chi connectivity index (χ1n) is 13.3. The molecule has 1 fully saturated rings. The zero-order valence-electron chi connectivity index (χ0n) is 22.4. The minimum atomic E-state index is -0.451. The summed E-state index contributed by atoms with van der Waals surface area (Å²) >= 11 is 5.00. The predicted molar refractivity (Wildman–Crippen MR) is 161 cm³/mol.